The predicted molar refractivity (Wildman–Crippen MR) is 84.1 cm³/mol. The summed E-state index contributed by atoms with van der Waals surface area (Å²) in [5, 5.41) is 3.26. The number of pyridine rings is 1. The molecular formula is C18H15FN2. The zero-order valence-electron chi connectivity index (χ0n) is 11.7. The number of anilines is 2. The van der Waals surface area contributed by atoms with Crippen molar-refractivity contribution in [1.82, 2.24) is 4.98 Å². The molecule has 21 heavy (non-hydrogen) atoms. The minimum absolute atomic E-state index is 0.253. The second-order valence-corrected chi connectivity index (χ2v) is 4.90. The van der Waals surface area contributed by atoms with E-state index in [-0.39, 0.29) is 5.82 Å². The first-order valence-corrected chi connectivity index (χ1v) is 6.77. The Kier molecular flexibility index (Phi) is 3.65. The molecular weight excluding hydrogens is 263 g/mol. The van der Waals surface area contributed by atoms with Crippen molar-refractivity contribution in [3.63, 3.8) is 0 Å². The van der Waals surface area contributed by atoms with Gasteiger partial charge in [0.1, 0.15) is 11.6 Å². The highest BCUT2D eigenvalue weighted by Gasteiger charge is 2.07. The van der Waals surface area contributed by atoms with Crippen LogP contribution in [0.4, 0.5) is 15.9 Å². The van der Waals surface area contributed by atoms with Crippen LogP contribution in [-0.4, -0.2) is 4.98 Å². The molecule has 0 spiro atoms. The van der Waals surface area contributed by atoms with E-state index >= 15 is 0 Å². The molecule has 2 aromatic carbocycles. The van der Waals surface area contributed by atoms with E-state index in [0.717, 1.165) is 28.2 Å². The maximum absolute atomic E-state index is 13.6. The van der Waals surface area contributed by atoms with Crippen molar-refractivity contribution in [3.05, 3.63) is 78.2 Å². The fourth-order valence-electron chi connectivity index (χ4n) is 2.22. The molecule has 3 rings (SSSR count). The van der Waals surface area contributed by atoms with Crippen molar-refractivity contribution >= 4 is 11.5 Å². The second kappa shape index (κ2) is 5.75. The van der Waals surface area contributed by atoms with E-state index in [4.69, 9.17) is 0 Å². The smallest absolute Gasteiger partial charge is 0.130 e. The number of hydrogen-bond acceptors (Lipinski definition) is 2. The molecule has 0 aliphatic rings. The molecule has 3 aromatic rings. The predicted octanol–water partition coefficient (Wildman–Crippen LogP) is 4.94. The first kappa shape index (κ1) is 13.3. The lowest BCUT2D eigenvalue weighted by Crippen LogP contribution is -1.96. The number of aromatic nitrogens is 1. The largest absolute Gasteiger partial charge is 0.340 e. The first-order chi connectivity index (χ1) is 10.2. The summed E-state index contributed by atoms with van der Waals surface area (Å²) in [5.41, 5.74) is 3.74. The molecule has 104 valence electrons. The minimum atomic E-state index is -0.253. The van der Waals surface area contributed by atoms with Gasteiger partial charge in [0.05, 0.1) is 0 Å². The molecule has 0 radical (unpaired) electrons. The van der Waals surface area contributed by atoms with Crippen molar-refractivity contribution in [2.24, 2.45) is 0 Å². The monoisotopic (exact) mass is 278 g/mol. The fraction of sp³-hybridized carbons (Fsp3) is 0.0556. The summed E-state index contributed by atoms with van der Waals surface area (Å²) in [6.45, 7) is 2.01. The van der Waals surface area contributed by atoms with Crippen LogP contribution in [0.5, 0.6) is 0 Å². The third kappa shape index (κ3) is 3.08. The van der Waals surface area contributed by atoms with E-state index in [0.29, 0.717) is 0 Å². The summed E-state index contributed by atoms with van der Waals surface area (Å²) in [7, 11) is 0. The molecule has 0 saturated carbocycles. The van der Waals surface area contributed by atoms with Gasteiger partial charge >= 0.3 is 0 Å². The van der Waals surface area contributed by atoms with Crippen LogP contribution in [0, 0.1) is 12.7 Å². The molecule has 0 aliphatic carbocycles. The molecule has 0 bridgehead atoms. The van der Waals surface area contributed by atoms with Crippen LogP contribution in [0.25, 0.3) is 11.1 Å². The van der Waals surface area contributed by atoms with Crippen molar-refractivity contribution in [3.8, 4) is 11.1 Å². The van der Waals surface area contributed by atoms with Crippen molar-refractivity contribution in [2.75, 3.05) is 5.32 Å². The SMILES string of the molecule is Cc1ccnc(Nc2ccc(F)cc2-c2ccccc2)c1. The van der Waals surface area contributed by atoms with Gasteiger partial charge in [0.25, 0.3) is 0 Å². The van der Waals surface area contributed by atoms with Gasteiger partial charge in [-0.3, -0.25) is 0 Å². The average molecular weight is 278 g/mol. The normalized spacial score (nSPS) is 10.4. The molecule has 0 fully saturated rings. The maximum Gasteiger partial charge on any atom is 0.130 e. The van der Waals surface area contributed by atoms with Crippen LogP contribution in [-0.2, 0) is 0 Å². The Labute approximate surface area is 123 Å². The van der Waals surface area contributed by atoms with Gasteiger partial charge in [-0.1, -0.05) is 30.3 Å². The number of nitrogens with zero attached hydrogens (tertiary/aromatic N) is 1. The van der Waals surface area contributed by atoms with Crippen LogP contribution in [0.1, 0.15) is 5.56 Å². The van der Waals surface area contributed by atoms with Gasteiger partial charge in [0.2, 0.25) is 0 Å². The summed E-state index contributed by atoms with van der Waals surface area (Å²) in [4.78, 5) is 4.29. The summed E-state index contributed by atoms with van der Waals surface area (Å²) in [6.07, 6.45) is 1.75. The van der Waals surface area contributed by atoms with Gasteiger partial charge in [-0.2, -0.15) is 0 Å². The van der Waals surface area contributed by atoms with E-state index in [9.17, 15) is 4.39 Å². The van der Waals surface area contributed by atoms with Crippen LogP contribution in [0.15, 0.2) is 66.9 Å². The zero-order valence-corrected chi connectivity index (χ0v) is 11.7. The third-order valence-corrected chi connectivity index (χ3v) is 3.24. The maximum atomic E-state index is 13.6. The first-order valence-electron chi connectivity index (χ1n) is 6.77. The Hall–Kier alpha value is -2.68. The van der Waals surface area contributed by atoms with E-state index in [1.54, 1.807) is 12.3 Å². The standard InChI is InChI=1S/C18H15FN2/c1-13-9-10-20-18(11-13)21-17-8-7-15(19)12-16(17)14-5-3-2-4-6-14/h2-12H,1H3,(H,20,21). The zero-order chi connectivity index (χ0) is 14.7. The lowest BCUT2D eigenvalue weighted by atomic mass is 10.0. The van der Waals surface area contributed by atoms with Gasteiger partial charge in [-0.15, -0.1) is 0 Å². The molecule has 2 nitrogen and oxygen atoms in total. The van der Waals surface area contributed by atoms with Gasteiger partial charge in [0, 0.05) is 17.4 Å². The number of nitrogens with one attached hydrogen (secondary N) is 1. The quantitative estimate of drug-likeness (QED) is 0.734. The van der Waals surface area contributed by atoms with E-state index in [1.807, 2.05) is 49.4 Å². The molecule has 1 aromatic heterocycles. The topological polar surface area (TPSA) is 24.9 Å². The summed E-state index contributed by atoms with van der Waals surface area (Å²) >= 11 is 0. The average Bonchev–Trinajstić information content (AvgIpc) is 2.50. The number of halogens is 1. The summed E-state index contributed by atoms with van der Waals surface area (Å²) < 4.78 is 13.6. The lowest BCUT2D eigenvalue weighted by molar-refractivity contribution is 0.628. The molecule has 1 heterocycles. The Balaban J connectivity index is 2.03. The molecule has 3 heteroatoms. The summed E-state index contributed by atoms with van der Waals surface area (Å²) in [5.74, 6) is 0.496. The summed E-state index contributed by atoms with van der Waals surface area (Å²) in [6, 6.07) is 18.4. The second-order valence-electron chi connectivity index (χ2n) is 4.90. The van der Waals surface area contributed by atoms with Crippen LogP contribution >= 0.6 is 0 Å². The van der Waals surface area contributed by atoms with Gasteiger partial charge in [0.15, 0.2) is 0 Å². The minimum Gasteiger partial charge on any atom is -0.340 e. The van der Waals surface area contributed by atoms with Crippen LogP contribution in [0.2, 0.25) is 0 Å². The lowest BCUT2D eigenvalue weighted by Gasteiger charge is -2.12. The molecule has 0 saturated heterocycles. The van der Waals surface area contributed by atoms with Crippen LogP contribution in [0.3, 0.4) is 0 Å². The molecule has 1 N–H and O–H groups in total. The van der Waals surface area contributed by atoms with Crippen LogP contribution < -0.4 is 5.32 Å². The highest BCUT2D eigenvalue weighted by atomic mass is 19.1. The van der Waals surface area contributed by atoms with Gasteiger partial charge in [-0.05, 0) is 48.4 Å². The van der Waals surface area contributed by atoms with Crippen molar-refractivity contribution in [2.45, 2.75) is 6.92 Å². The Morgan fingerprint density at radius 1 is 0.952 bits per heavy atom. The fourth-order valence-corrected chi connectivity index (χ4v) is 2.22. The Morgan fingerprint density at radius 2 is 1.76 bits per heavy atom. The number of aryl methyl sites for hydroxylation is 1. The van der Waals surface area contributed by atoms with E-state index in [1.165, 1.54) is 12.1 Å². The van der Waals surface area contributed by atoms with Crippen molar-refractivity contribution < 1.29 is 4.39 Å². The van der Waals surface area contributed by atoms with Gasteiger partial charge in [-0.25, -0.2) is 9.37 Å². The highest BCUT2D eigenvalue weighted by Crippen LogP contribution is 2.30. The van der Waals surface area contributed by atoms with Gasteiger partial charge < -0.3 is 5.32 Å². The van der Waals surface area contributed by atoms with E-state index < -0.39 is 0 Å². The third-order valence-electron chi connectivity index (χ3n) is 3.24. The van der Waals surface area contributed by atoms with E-state index in [2.05, 4.69) is 10.3 Å². The van der Waals surface area contributed by atoms with Crippen molar-refractivity contribution in [1.29, 1.82) is 0 Å². The highest BCUT2D eigenvalue weighted by molar-refractivity contribution is 5.80. The number of hydrogen-bond donors (Lipinski definition) is 1. The molecule has 0 atom stereocenters. The Morgan fingerprint density at radius 3 is 2.52 bits per heavy atom. The number of benzene rings is 2. The molecule has 0 unspecified atom stereocenters. The molecule has 0 amide bonds. The molecule has 0 aliphatic heterocycles. The number of rotatable bonds is 3. The Bertz CT molecular complexity index is 754.